The van der Waals surface area contributed by atoms with Crippen LogP contribution < -0.4 is 5.32 Å². The summed E-state index contributed by atoms with van der Waals surface area (Å²) in [5.41, 5.74) is 2.27. The molecular weight excluding hydrogens is 306 g/mol. The highest BCUT2D eigenvalue weighted by molar-refractivity contribution is 5.93. The number of amides is 2. The van der Waals surface area contributed by atoms with Crippen LogP contribution in [0.3, 0.4) is 0 Å². The van der Waals surface area contributed by atoms with Crippen LogP contribution in [0.25, 0.3) is 5.65 Å². The minimum atomic E-state index is -0.231. The van der Waals surface area contributed by atoms with Crippen molar-refractivity contribution in [3.63, 3.8) is 0 Å². The van der Waals surface area contributed by atoms with Crippen molar-refractivity contribution < 1.29 is 9.59 Å². The molecule has 0 bridgehead atoms. The minimum absolute atomic E-state index is 0.0350. The first-order valence-corrected chi connectivity index (χ1v) is 8.12. The number of carbonyl (C=O) groups excluding carboxylic acids is 2. The van der Waals surface area contributed by atoms with Crippen LogP contribution in [0.4, 0.5) is 0 Å². The molecule has 1 atom stereocenters. The van der Waals surface area contributed by atoms with E-state index in [1.165, 1.54) is 0 Å². The maximum Gasteiger partial charge on any atom is 0.274 e. The Balaban J connectivity index is 1.84. The molecule has 3 rings (SSSR count). The van der Waals surface area contributed by atoms with Gasteiger partial charge in [-0.2, -0.15) is 0 Å². The van der Waals surface area contributed by atoms with Crippen molar-refractivity contribution in [3.05, 3.63) is 35.8 Å². The van der Waals surface area contributed by atoms with Gasteiger partial charge in [-0.25, -0.2) is 4.98 Å². The van der Waals surface area contributed by atoms with Gasteiger partial charge in [0.2, 0.25) is 5.91 Å². The number of aromatic nitrogens is 2. The molecule has 7 nitrogen and oxygen atoms in total. The Kier molecular flexibility index (Phi) is 4.53. The maximum absolute atomic E-state index is 12.9. The molecule has 7 heteroatoms. The fourth-order valence-corrected chi connectivity index (χ4v) is 3.10. The molecule has 3 heterocycles. The summed E-state index contributed by atoms with van der Waals surface area (Å²) < 4.78 is 1.86. The number of carbonyl (C=O) groups is 2. The number of hydrogen-bond acceptors (Lipinski definition) is 4. The molecule has 1 N–H and O–H groups in total. The lowest BCUT2D eigenvalue weighted by molar-refractivity contribution is -0.125. The zero-order chi connectivity index (χ0) is 17.3. The molecule has 24 heavy (non-hydrogen) atoms. The van der Waals surface area contributed by atoms with E-state index in [0.717, 1.165) is 17.8 Å². The summed E-state index contributed by atoms with van der Waals surface area (Å²) in [7, 11) is 3.60. The molecule has 2 amide bonds. The summed E-state index contributed by atoms with van der Waals surface area (Å²) in [4.78, 5) is 33.2. The number of pyridine rings is 1. The second-order valence-electron chi connectivity index (χ2n) is 6.42. The second kappa shape index (κ2) is 6.60. The Morgan fingerprint density at radius 2 is 2.00 bits per heavy atom. The van der Waals surface area contributed by atoms with Crippen LogP contribution in [0.2, 0.25) is 0 Å². The smallest absolute Gasteiger partial charge is 0.274 e. The molecule has 1 aliphatic rings. The molecule has 0 radical (unpaired) electrons. The monoisotopic (exact) mass is 329 g/mol. The molecule has 1 unspecified atom stereocenters. The van der Waals surface area contributed by atoms with Gasteiger partial charge in [0.1, 0.15) is 11.3 Å². The Labute approximate surface area is 141 Å². The van der Waals surface area contributed by atoms with Crippen LogP contribution in [0.5, 0.6) is 0 Å². The molecule has 1 saturated heterocycles. The molecular formula is C17H23N5O2. The molecule has 2 aromatic heterocycles. The number of rotatable bonds is 2. The lowest BCUT2D eigenvalue weighted by atomic mass is 10.1. The average molecular weight is 329 g/mol. The summed E-state index contributed by atoms with van der Waals surface area (Å²) in [5.74, 6) is -0.390. The fourth-order valence-electron chi connectivity index (χ4n) is 3.10. The fraction of sp³-hybridized carbons (Fsp3) is 0.471. The van der Waals surface area contributed by atoms with Gasteiger partial charge in [0, 0.05) is 45.6 Å². The predicted molar refractivity (Wildman–Crippen MR) is 90.9 cm³/mol. The van der Waals surface area contributed by atoms with Gasteiger partial charge in [-0.15, -0.1) is 0 Å². The van der Waals surface area contributed by atoms with Gasteiger partial charge in [0.25, 0.3) is 5.91 Å². The molecule has 0 spiro atoms. The maximum atomic E-state index is 12.9. The number of likely N-dealkylation sites (N-methyl/N-ethyl adjacent to an activating group) is 1. The molecule has 2 aromatic rings. The number of nitrogens with one attached hydrogen (secondary N) is 1. The van der Waals surface area contributed by atoms with Crippen molar-refractivity contribution >= 4 is 17.5 Å². The minimum Gasteiger partial charge on any atom is -0.359 e. The quantitative estimate of drug-likeness (QED) is 0.865. The molecule has 0 aliphatic carbocycles. The van der Waals surface area contributed by atoms with Gasteiger partial charge in [-0.3, -0.25) is 9.59 Å². The van der Waals surface area contributed by atoms with E-state index in [-0.39, 0.29) is 17.7 Å². The van der Waals surface area contributed by atoms with Crippen LogP contribution in [0, 0.1) is 12.8 Å². The summed E-state index contributed by atoms with van der Waals surface area (Å²) in [5, 5.41) is 2.69. The highest BCUT2D eigenvalue weighted by Gasteiger charge is 2.29. The first-order valence-electron chi connectivity index (χ1n) is 8.12. The van der Waals surface area contributed by atoms with E-state index in [0.29, 0.717) is 25.3 Å². The van der Waals surface area contributed by atoms with Gasteiger partial charge in [-0.1, -0.05) is 6.07 Å². The highest BCUT2D eigenvalue weighted by Crippen LogP contribution is 2.14. The van der Waals surface area contributed by atoms with Crippen molar-refractivity contribution in [2.75, 3.05) is 40.3 Å². The van der Waals surface area contributed by atoms with Crippen LogP contribution in [0.15, 0.2) is 24.5 Å². The topological polar surface area (TPSA) is 70.0 Å². The number of aryl methyl sites for hydroxylation is 1. The Morgan fingerprint density at radius 3 is 2.75 bits per heavy atom. The SMILES string of the molecule is CNC(=O)C1CN(C)CCN(C(=O)c2cn3cc(C)ccc3n2)C1. The summed E-state index contributed by atoms with van der Waals surface area (Å²) in [6, 6.07) is 3.87. The van der Waals surface area contributed by atoms with Gasteiger partial charge >= 0.3 is 0 Å². The highest BCUT2D eigenvalue weighted by atomic mass is 16.2. The predicted octanol–water partition coefficient (Wildman–Crippen LogP) is 0.393. The van der Waals surface area contributed by atoms with E-state index < -0.39 is 0 Å². The second-order valence-corrected chi connectivity index (χ2v) is 6.42. The Morgan fingerprint density at radius 1 is 1.21 bits per heavy atom. The Bertz CT molecular complexity index is 769. The number of hydrogen-bond donors (Lipinski definition) is 1. The van der Waals surface area contributed by atoms with Gasteiger partial charge < -0.3 is 19.5 Å². The van der Waals surface area contributed by atoms with Gasteiger partial charge in [0.15, 0.2) is 0 Å². The molecule has 0 saturated carbocycles. The number of imidazole rings is 1. The third-order valence-electron chi connectivity index (χ3n) is 4.45. The van der Waals surface area contributed by atoms with Gasteiger partial charge in [-0.05, 0) is 25.6 Å². The van der Waals surface area contributed by atoms with E-state index in [9.17, 15) is 9.59 Å². The largest absolute Gasteiger partial charge is 0.359 e. The van der Waals surface area contributed by atoms with Crippen molar-refractivity contribution in [1.82, 2.24) is 24.5 Å². The molecule has 128 valence electrons. The Hall–Kier alpha value is -2.41. The lowest BCUT2D eigenvalue weighted by Gasteiger charge is -2.22. The van der Waals surface area contributed by atoms with E-state index in [1.807, 2.05) is 36.7 Å². The lowest BCUT2D eigenvalue weighted by Crippen LogP contribution is -2.41. The van der Waals surface area contributed by atoms with Gasteiger partial charge in [0.05, 0.1) is 5.92 Å². The van der Waals surface area contributed by atoms with Crippen LogP contribution >= 0.6 is 0 Å². The first kappa shape index (κ1) is 16.4. The normalized spacial score (nSPS) is 19.3. The van der Waals surface area contributed by atoms with Crippen LogP contribution in [0.1, 0.15) is 16.1 Å². The summed E-state index contributed by atoms with van der Waals surface area (Å²) >= 11 is 0. The standard InChI is InChI=1S/C17H23N5O2/c1-12-4-5-15-19-14(11-22(15)8-12)17(24)21-7-6-20(3)9-13(10-21)16(23)18-2/h4-5,8,11,13H,6-7,9-10H2,1-3H3,(H,18,23). The average Bonchev–Trinajstić information content (AvgIpc) is 2.88. The van der Waals surface area contributed by atoms with Crippen molar-refractivity contribution in [2.45, 2.75) is 6.92 Å². The zero-order valence-corrected chi connectivity index (χ0v) is 14.3. The van der Waals surface area contributed by atoms with Crippen LogP contribution in [-0.4, -0.2) is 71.3 Å². The van der Waals surface area contributed by atoms with Crippen molar-refractivity contribution in [1.29, 1.82) is 0 Å². The summed E-state index contributed by atoms with van der Waals surface area (Å²) in [6.07, 6.45) is 3.71. The van der Waals surface area contributed by atoms with Crippen molar-refractivity contribution in [3.8, 4) is 0 Å². The van der Waals surface area contributed by atoms with E-state index in [1.54, 1.807) is 18.1 Å². The number of fused-ring (bicyclic) bond motifs is 1. The zero-order valence-electron chi connectivity index (χ0n) is 14.3. The van der Waals surface area contributed by atoms with E-state index in [4.69, 9.17) is 0 Å². The third kappa shape index (κ3) is 3.26. The molecule has 1 aliphatic heterocycles. The number of nitrogens with zero attached hydrogens (tertiary/aromatic N) is 4. The first-order chi connectivity index (χ1) is 11.5. The van der Waals surface area contributed by atoms with Crippen LogP contribution in [-0.2, 0) is 4.79 Å². The van der Waals surface area contributed by atoms with E-state index in [2.05, 4.69) is 15.2 Å². The molecule has 1 fully saturated rings. The summed E-state index contributed by atoms with van der Waals surface area (Å²) in [6.45, 7) is 4.39. The molecule has 0 aromatic carbocycles. The third-order valence-corrected chi connectivity index (χ3v) is 4.45. The van der Waals surface area contributed by atoms with E-state index >= 15 is 0 Å². The van der Waals surface area contributed by atoms with Crippen molar-refractivity contribution in [2.24, 2.45) is 5.92 Å².